The first kappa shape index (κ1) is 20.9. The molecule has 10 heteroatoms. The van der Waals surface area contributed by atoms with E-state index in [1.165, 1.54) is 16.6 Å². The second-order valence-corrected chi connectivity index (χ2v) is 8.32. The summed E-state index contributed by atoms with van der Waals surface area (Å²) in [5.41, 5.74) is 5.66. The number of carbonyl (C=O) groups is 2. The van der Waals surface area contributed by atoms with Crippen molar-refractivity contribution in [3.63, 3.8) is 0 Å². The summed E-state index contributed by atoms with van der Waals surface area (Å²) < 4.78 is 31.8. The average Bonchev–Trinajstić information content (AvgIpc) is 2.77. The molecule has 0 saturated carbocycles. The Kier molecular flexibility index (Phi) is 6.91. The Hall–Kier alpha value is -2.82. The first-order chi connectivity index (χ1) is 14.0. The third-order valence-electron chi connectivity index (χ3n) is 4.38. The van der Waals surface area contributed by atoms with Gasteiger partial charge in [0.2, 0.25) is 15.9 Å². The highest BCUT2D eigenvalue weighted by atomic mass is 32.2. The Labute approximate surface area is 169 Å². The van der Waals surface area contributed by atoms with Gasteiger partial charge in [-0.3, -0.25) is 25.4 Å². The molecule has 1 saturated heterocycles. The van der Waals surface area contributed by atoms with Crippen LogP contribution in [-0.4, -0.2) is 55.8 Å². The number of pyridine rings is 1. The molecular weight excluding hydrogens is 396 g/mol. The molecule has 2 aromatic rings. The van der Waals surface area contributed by atoms with Crippen molar-refractivity contribution in [1.29, 1.82) is 0 Å². The summed E-state index contributed by atoms with van der Waals surface area (Å²) in [6.07, 6.45) is 2.03. The van der Waals surface area contributed by atoms with Gasteiger partial charge >= 0.3 is 0 Å². The molecule has 1 aliphatic heterocycles. The highest BCUT2D eigenvalue weighted by molar-refractivity contribution is 7.89. The van der Waals surface area contributed by atoms with Crippen molar-refractivity contribution < 1.29 is 22.7 Å². The maximum absolute atomic E-state index is 12.6. The van der Waals surface area contributed by atoms with Crippen molar-refractivity contribution >= 4 is 21.8 Å². The number of hydrazine groups is 1. The molecule has 0 bridgehead atoms. The van der Waals surface area contributed by atoms with E-state index in [2.05, 4.69) is 15.8 Å². The molecule has 9 nitrogen and oxygen atoms in total. The second kappa shape index (κ2) is 9.59. The zero-order valence-corrected chi connectivity index (χ0v) is 16.5. The van der Waals surface area contributed by atoms with E-state index >= 15 is 0 Å². The van der Waals surface area contributed by atoms with Crippen molar-refractivity contribution in [2.45, 2.75) is 17.7 Å². The van der Waals surface area contributed by atoms with Crippen LogP contribution in [0.1, 0.15) is 22.5 Å². The zero-order chi connectivity index (χ0) is 20.7. The van der Waals surface area contributed by atoms with E-state index < -0.39 is 15.9 Å². The minimum atomic E-state index is -3.53. The predicted molar refractivity (Wildman–Crippen MR) is 104 cm³/mol. The SMILES string of the molecule is O=C(CCc1ccc(S(=O)(=O)N2CCOCC2)cc1)NNC(=O)c1ccccn1. The smallest absolute Gasteiger partial charge is 0.288 e. The van der Waals surface area contributed by atoms with E-state index in [1.54, 1.807) is 36.4 Å². The summed E-state index contributed by atoms with van der Waals surface area (Å²) in [5, 5.41) is 0. The van der Waals surface area contributed by atoms with Crippen LogP contribution in [0.5, 0.6) is 0 Å². The second-order valence-electron chi connectivity index (χ2n) is 6.38. The molecule has 0 aliphatic carbocycles. The predicted octanol–water partition coefficient (Wildman–Crippen LogP) is 0.496. The van der Waals surface area contributed by atoms with Crippen LogP contribution in [0.25, 0.3) is 0 Å². The van der Waals surface area contributed by atoms with Gasteiger partial charge in [0, 0.05) is 25.7 Å². The van der Waals surface area contributed by atoms with Gasteiger partial charge in [0.15, 0.2) is 0 Å². The Morgan fingerprint density at radius 1 is 1.03 bits per heavy atom. The van der Waals surface area contributed by atoms with Crippen LogP contribution >= 0.6 is 0 Å². The summed E-state index contributed by atoms with van der Waals surface area (Å²) in [6.45, 7) is 1.47. The Morgan fingerprint density at radius 2 is 1.76 bits per heavy atom. The number of hydrogen-bond donors (Lipinski definition) is 2. The number of carbonyl (C=O) groups excluding carboxylic acids is 2. The number of aromatic nitrogens is 1. The van der Waals surface area contributed by atoms with Gasteiger partial charge in [-0.15, -0.1) is 0 Å². The maximum atomic E-state index is 12.6. The molecule has 0 radical (unpaired) electrons. The molecule has 1 aliphatic rings. The summed E-state index contributed by atoms with van der Waals surface area (Å²) >= 11 is 0. The van der Waals surface area contributed by atoms with Gasteiger partial charge in [0.1, 0.15) is 5.69 Å². The quantitative estimate of drug-likeness (QED) is 0.660. The topological polar surface area (TPSA) is 118 Å². The largest absolute Gasteiger partial charge is 0.379 e. The molecule has 0 unspecified atom stereocenters. The minimum Gasteiger partial charge on any atom is -0.379 e. The Bertz CT molecular complexity index is 942. The van der Waals surface area contributed by atoms with Gasteiger partial charge in [0.25, 0.3) is 5.91 Å². The lowest BCUT2D eigenvalue weighted by Gasteiger charge is -2.26. The monoisotopic (exact) mass is 418 g/mol. The van der Waals surface area contributed by atoms with Gasteiger partial charge in [0.05, 0.1) is 18.1 Å². The van der Waals surface area contributed by atoms with Crippen LogP contribution in [0.4, 0.5) is 0 Å². The van der Waals surface area contributed by atoms with Crippen LogP contribution in [0.15, 0.2) is 53.6 Å². The fraction of sp³-hybridized carbons (Fsp3) is 0.316. The van der Waals surface area contributed by atoms with Crippen LogP contribution < -0.4 is 10.9 Å². The molecule has 1 fully saturated rings. The van der Waals surface area contributed by atoms with E-state index in [1.807, 2.05) is 0 Å². The van der Waals surface area contributed by atoms with Crippen molar-refractivity contribution in [3.8, 4) is 0 Å². The highest BCUT2D eigenvalue weighted by Gasteiger charge is 2.26. The van der Waals surface area contributed by atoms with Crippen molar-refractivity contribution in [3.05, 3.63) is 59.9 Å². The molecule has 154 valence electrons. The van der Waals surface area contributed by atoms with Crippen LogP contribution in [0.3, 0.4) is 0 Å². The summed E-state index contributed by atoms with van der Waals surface area (Å²) in [4.78, 5) is 27.9. The molecule has 0 spiro atoms. The molecule has 3 rings (SSSR count). The van der Waals surface area contributed by atoms with E-state index in [4.69, 9.17) is 4.74 Å². The van der Waals surface area contributed by atoms with Gasteiger partial charge < -0.3 is 4.74 Å². The summed E-state index contributed by atoms with van der Waals surface area (Å²) in [7, 11) is -3.53. The molecular formula is C19H22N4O5S. The third-order valence-corrected chi connectivity index (χ3v) is 6.30. The molecule has 1 aromatic carbocycles. The maximum Gasteiger partial charge on any atom is 0.288 e. The average molecular weight is 418 g/mol. The lowest BCUT2D eigenvalue weighted by Crippen LogP contribution is -2.42. The number of aryl methyl sites for hydroxylation is 1. The first-order valence-corrected chi connectivity index (χ1v) is 10.6. The number of sulfonamides is 1. The molecule has 1 aromatic heterocycles. The Morgan fingerprint density at radius 3 is 2.41 bits per heavy atom. The van der Waals surface area contributed by atoms with Crippen LogP contribution in [0, 0.1) is 0 Å². The molecule has 2 heterocycles. The summed E-state index contributed by atoms with van der Waals surface area (Å²) in [6, 6.07) is 11.4. The molecule has 29 heavy (non-hydrogen) atoms. The number of nitrogens with zero attached hydrogens (tertiary/aromatic N) is 2. The fourth-order valence-electron chi connectivity index (χ4n) is 2.77. The Balaban J connectivity index is 1.48. The third kappa shape index (κ3) is 5.59. The van der Waals surface area contributed by atoms with Crippen molar-refractivity contribution in [2.24, 2.45) is 0 Å². The zero-order valence-electron chi connectivity index (χ0n) is 15.7. The number of rotatable bonds is 6. The number of morpholine rings is 1. The minimum absolute atomic E-state index is 0.137. The molecule has 2 amide bonds. The first-order valence-electron chi connectivity index (χ1n) is 9.14. The van der Waals surface area contributed by atoms with E-state index in [0.29, 0.717) is 32.7 Å². The fourth-order valence-corrected chi connectivity index (χ4v) is 4.18. The number of hydrogen-bond acceptors (Lipinski definition) is 6. The number of nitrogens with one attached hydrogen (secondary N) is 2. The molecule has 0 atom stereocenters. The van der Waals surface area contributed by atoms with Crippen LogP contribution in [0.2, 0.25) is 0 Å². The standard InChI is InChI=1S/C19H22N4O5S/c24-18(21-22-19(25)17-3-1-2-10-20-17)9-6-15-4-7-16(8-5-15)29(26,27)23-11-13-28-14-12-23/h1-5,7-8,10H,6,9,11-14H2,(H,21,24)(H,22,25). The van der Waals surface area contributed by atoms with Gasteiger partial charge in [-0.05, 0) is 36.2 Å². The summed E-state index contributed by atoms with van der Waals surface area (Å²) in [5.74, 6) is -0.865. The number of amides is 2. The van der Waals surface area contributed by atoms with E-state index in [-0.39, 0.29) is 22.9 Å². The lowest BCUT2D eigenvalue weighted by atomic mass is 10.1. The molecule has 2 N–H and O–H groups in total. The number of ether oxygens (including phenoxy) is 1. The van der Waals surface area contributed by atoms with E-state index in [0.717, 1.165) is 5.56 Å². The van der Waals surface area contributed by atoms with Gasteiger partial charge in [-0.2, -0.15) is 4.31 Å². The van der Waals surface area contributed by atoms with E-state index in [9.17, 15) is 18.0 Å². The highest BCUT2D eigenvalue weighted by Crippen LogP contribution is 2.18. The van der Waals surface area contributed by atoms with Gasteiger partial charge in [-0.1, -0.05) is 18.2 Å². The number of benzene rings is 1. The lowest BCUT2D eigenvalue weighted by molar-refractivity contribution is -0.121. The normalized spacial score (nSPS) is 14.9. The van der Waals surface area contributed by atoms with Crippen molar-refractivity contribution in [1.82, 2.24) is 20.1 Å². The van der Waals surface area contributed by atoms with Crippen LogP contribution in [-0.2, 0) is 26.0 Å². The van der Waals surface area contributed by atoms with Gasteiger partial charge in [-0.25, -0.2) is 8.42 Å². The van der Waals surface area contributed by atoms with Crippen molar-refractivity contribution in [2.75, 3.05) is 26.3 Å².